The van der Waals surface area contributed by atoms with Gasteiger partial charge in [-0.15, -0.1) is 0 Å². The number of pyridine rings is 1. The third kappa shape index (κ3) is 3.22. The van der Waals surface area contributed by atoms with Gasteiger partial charge in [-0.2, -0.15) is 0 Å². The van der Waals surface area contributed by atoms with E-state index >= 15 is 0 Å². The second-order valence-corrected chi connectivity index (χ2v) is 2.32. The van der Waals surface area contributed by atoms with Crippen LogP contribution in [0.2, 0.25) is 0 Å². The standard InChI is InChI=1S/C9H9NO4/c11-7-13-5-6-14-9(12)8-3-1-2-4-10-8/h1-4,7H,5-6H2. The number of hydrogen-bond donors (Lipinski definition) is 0. The minimum atomic E-state index is -0.528. The van der Waals surface area contributed by atoms with Crippen molar-refractivity contribution in [1.29, 1.82) is 0 Å². The molecule has 1 rings (SSSR count). The summed E-state index contributed by atoms with van der Waals surface area (Å²) in [5, 5.41) is 0. The van der Waals surface area contributed by atoms with Crippen LogP contribution >= 0.6 is 0 Å². The van der Waals surface area contributed by atoms with E-state index in [0.717, 1.165) is 0 Å². The van der Waals surface area contributed by atoms with Crippen LogP contribution in [0.3, 0.4) is 0 Å². The van der Waals surface area contributed by atoms with Crippen molar-refractivity contribution in [2.45, 2.75) is 0 Å². The van der Waals surface area contributed by atoms with Crippen molar-refractivity contribution in [3.05, 3.63) is 30.1 Å². The lowest BCUT2D eigenvalue weighted by atomic mass is 10.4. The van der Waals surface area contributed by atoms with Crippen molar-refractivity contribution < 1.29 is 19.1 Å². The molecular weight excluding hydrogens is 186 g/mol. The van der Waals surface area contributed by atoms with Crippen LogP contribution in [0.5, 0.6) is 0 Å². The van der Waals surface area contributed by atoms with Crippen molar-refractivity contribution in [2.75, 3.05) is 13.2 Å². The molecule has 0 aromatic carbocycles. The summed E-state index contributed by atoms with van der Waals surface area (Å²) < 4.78 is 9.09. The lowest BCUT2D eigenvalue weighted by molar-refractivity contribution is -0.129. The van der Waals surface area contributed by atoms with Gasteiger partial charge in [-0.25, -0.2) is 9.78 Å². The number of esters is 1. The van der Waals surface area contributed by atoms with E-state index in [1.807, 2.05) is 0 Å². The minimum Gasteiger partial charge on any atom is -0.464 e. The van der Waals surface area contributed by atoms with E-state index in [9.17, 15) is 9.59 Å². The Labute approximate surface area is 80.7 Å². The fraction of sp³-hybridized carbons (Fsp3) is 0.222. The van der Waals surface area contributed by atoms with Gasteiger partial charge in [0.15, 0.2) is 0 Å². The third-order valence-electron chi connectivity index (χ3n) is 1.38. The number of rotatable bonds is 5. The van der Waals surface area contributed by atoms with E-state index in [1.165, 1.54) is 6.20 Å². The van der Waals surface area contributed by atoms with Crippen LogP contribution in [0.25, 0.3) is 0 Å². The Kier molecular flexibility index (Phi) is 4.13. The minimum absolute atomic E-state index is 0.0359. The van der Waals surface area contributed by atoms with Gasteiger partial charge in [0.25, 0.3) is 6.47 Å². The third-order valence-corrected chi connectivity index (χ3v) is 1.38. The van der Waals surface area contributed by atoms with Gasteiger partial charge in [0, 0.05) is 6.20 Å². The predicted molar refractivity (Wildman–Crippen MR) is 46.5 cm³/mol. The molecule has 0 amide bonds. The van der Waals surface area contributed by atoms with E-state index in [2.05, 4.69) is 9.72 Å². The normalized spacial score (nSPS) is 9.14. The molecule has 0 bridgehead atoms. The Morgan fingerprint density at radius 3 is 2.93 bits per heavy atom. The smallest absolute Gasteiger partial charge is 0.357 e. The molecule has 1 aromatic heterocycles. The fourth-order valence-corrected chi connectivity index (χ4v) is 0.788. The molecule has 0 aliphatic heterocycles. The largest absolute Gasteiger partial charge is 0.464 e. The second-order valence-electron chi connectivity index (χ2n) is 2.32. The summed E-state index contributed by atoms with van der Waals surface area (Å²) in [7, 11) is 0. The summed E-state index contributed by atoms with van der Waals surface area (Å²) in [5.41, 5.74) is 0.235. The topological polar surface area (TPSA) is 65.5 Å². The Balaban J connectivity index is 2.32. The maximum Gasteiger partial charge on any atom is 0.357 e. The zero-order chi connectivity index (χ0) is 10.2. The molecule has 0 spiro atoms. The van der Waals surface area contributed by atoms with Gasteiger partial charge in [0.05, 0.1) is 0 Å². The van der Waals surface area contributed by atoms with Crippen molar-refractivity contribution in [3.63, 3.8) is 0 Å². The second kappa shape index (κ2) is 5.69. The maximum absolute atomic E-state index is 11.2. The molecule has 0 atom stereocenters. The average molecular weight is 195 g/mol. The molecule has 1 aromatic rings. The van der Waals surface area contributed by atoms with Crippen LogP contribution < -0.4 is 0 Å². The Morgan fingerprint density at radius 2 is 2.29 bits per heavy atom. The number of carbonyl (C=O) groups is 2. The van der Waals surface area contributed by atoms with E-state index in [4.69, 9.17) is 4.74 Å². The molecule has 0 radical (unpaired) electrons. The summed E-state index contributed by atoms with van der Waals surface area (Å²) in [5.74, 6) is -0.528. The first kappa shape index (κ1) is 10.2. The van der Waals surface area contributed by atoms with E-state index in [1.54, 1.807) is 18.2 Å². The lowest BCUT2D eigenvalue weighted by Gasteiger charge is -2.02. The van der Waals surface area contributed by atoms with Crippen LogP contribution in [0, 0.1) is 0 Å². The maximum atomic E-state index is 11.2. The number of aromatic nitrogens is 1. The van der Waals surface area contributed by atoms with Crippen LogP contribution in [0.4, 0.5) is 0 Å². The number of ether oxygens (including phenoxy) is 2. The fourth-order valence-electron chi connectivity index (χ4n) is 0.788. The average Bonchev–Trinajstić information content (AvgIpc) is 2.25. The monoisotopic (exact) mass is 195 g/mol. The van der Waals surface area contributed by atoms with Crippen molar-refractivity contribution in [1.82, 2.24) is 4.98 Å². The summed E-state index contributed by atoms with van der Waals surface area (Å²) in [6.07, 6.45) is 1.50. The van der Waals surface area contributed by atoms with Crippen LogP contribution in [0.15, 0.2) is 24.4 Å². The van der Waals surface area contributed by atoms with Crippen LogP contribution in [-0.2, 0) is 14.3 Å². The predicted octanol–water partition coefficient (Wildman–Crippen LogP) is 0.411. The van der Waals surface area contributed by atoms with Gasteiger partial charge >= 0.3 is 5.97 Å². The van der Waals surface area contributed by atoms with Crippen molar-refractivity contribution >= 4 is 12.4 Å². The molecule has 5 heteroatoms. The summed E-state index contributed by atoms with van der Waals surface area (Å²) >= 11 is 0. The number of nitrogens with zero attached hydrogens (tertiary/aromatic N) is 1. The number of hydrogen-bond acceptors (Lipinski definition) is 5. The zero-order valence-electron chi connectivity index (χ0n) is 7.38. The Morgan fingerprint density at radius 1 is 1.43 bits per heavy atom. The van der Waals surface area contributed by atoms with E-state index < -0.39 is 5.97 Å². The first-order chi connectivity index (χ1) is 6.84. The molecule has 1 heterocycles. The van der Waals surface area contributed by atoms with Crippen molar-refractivity contribution in [3.8, 4) is 0 Å². The molecule has 0 N–H and O–H groups in total. The molecule has 0 aliphatic carbocycles. The molecule has 5 nitrogen and oxygen atoms in total. The summed E-state index contributed by atoms with van der Waals surface area (Å²) in [6, 6.07) is 4.93. The van der Waals surface area contributed by atoms with E-state index in [-0.39, 0.29) is 18.9 Å². The van der Waals surface area contributed by atoms with E-state index in [0.29, 0.717) is 6.47 Å². The highest BCUT2D eigenvalue weighted by Gasteiger charge is 2.06. The first-order valence-electron chi connectivity index (χ1n) is 3.98. The van der Waals surface area contributed by atoms with Gasteiger partial charge in [-0.05, 0) is 12.1 Å². The lowest BCUT2D eigenvalue weighted by Crippen LogP contribution is -2.11. The van der Waals surface area contributed by atoms with Crippen LogP contribution in [0.1, 0.15) is 10.5 Å². The van der Waals surface area contributed by atoms with Crippen LogP contribution in [-0.4, -0.2) is 30.6 Å². The molecule has 0 aliphatic rings. The molecule has 0 saturated carbocycles. The molecule has 14 heavy (non-hydrogen) atoms. The highest BCUT2D eigenvalue weighted by Crippen LogP contribution is 1.95. The number of carbonyl (C=O) groups excluding carboxylic acids is 2. The van der Waals surface area contributed by atoms with Gasteiger partial charge in [0.1, 0.15) is 18.9 Å². The summed E-state index contributed by atoms with van der Waals surface area (Å²) in [4.78, 5) is 24.7. The molecule has 74 valence electrons. The first-order valence-corrected chi connectivity index (χ1v) is 3.98. The molecule has 0 unspecified atom stereocenters. The van der Waals surface area contributed by atoms with Crippen molar-refractivity contribution in [2.24, 2.45) is 0 Å². The quantitative estimate of drug-likeness (QED) is 0.387. The molecule has 0 saturated heterocycles. The van der Waals surface area contributed by atoms with Gasteiger partial charge in [-0.3, -0.25) is 4.79 Å². The Hall–Kier alpha value is -1.91. The van der Waals surface area contributed by atoms with Gasteiger partial charge < -0.3 is 9.47 Å². The zero-order valence-corrected chi connectivity index (χ0v) is 7.38. The van der Waals surface area contributed by atoms with Gasteiger partial charge in [-0.1, -0.05) is 6.07 Å². The molecular formula is C9H9NO4. The highest BCUT2D eigenvalue weighted by atomic mass is 16.6. The summed E-state index contributed by atoms with van der Waals surface area (Å²) in [6.45, 7) is 0.394. The Bertz CT molecular complexity index is 299. The highest BCUT2D eigenvalue weighted by molar-refractivity contribution is 5.87. The van der Waals surface area contributed by atoms with Gasteiger partial charge in [0.2, 0.25) is 0 Å². The SMILES string of the molecule is O=COCCOC(=O)c1ccccn1. The molecule has 0 fully saturated rings.